The molecular formula is C46H29N5. The maximum absolute atomic E-state index is 10.3. The smallest absolute Gasteiger partial charge is 0.0998 e. The van der Waals surface area contributed by atoms with Gasteiger partial charge in [0.05, 0.1) is 45.9 Å². The number of benzene rings is 7. The molecule has 0 saturated carbocycles. The van der Waals surface area contributed by atoms with Gasteiger partial charge in [0.2, 0.25) is 0 Å². The van der Waals surface area contributed by atoms with Crippen molar-refractivity contribution in [2.24, 2.45) is 0 Å². The number of hydrogen-bond donors (Lipinski definition) is 1. The Morgan fingerprint density at radius 1 is 0.490 bits per heavy atom. The van der Waals surface area contributed by atoms with Gasteiger partial charge in [0.1, 0.15) is 0 Å². The summed E-state index contributed by atoms with van der Waals surface area (Å²) in [5.74, 6) is 0. The van der Waals surface area contributed by atoms with Crippen LogP contribution in [0, 0.1) is 40.9 Å². The Hall–Kier alpha value is -7.39. The summed E-state index contributed by atoms with van der Waals surface area (Å²) in [6, 6.07) is 57.5. The Kier molecular flexibility index (Phi) is 7.82. The molecule has 1 aromatic heterocycles. The van der Waals surface area contributed by atoms with E-state index in [-0.39, 0.29) is 0 Å². The molecule has 0 aliphatic carbocycles. The number of nitrogens with zero attached hydrogens (tertiary/aromatic N) is 4. The predicted octanol–water partition coefficient (Wildman–Crippen LogP) is 11.5. The molecule has 8 aromatic rings. The average Bonchev–Trinajstić information content (AvgIpc) is 3.52. The summed E-state index contributed by atoms with van der Waals surface area (Å²) in [6.07, 6.45) is 0. The summed E-state index contributed by atoms with van der Waals surface area (Å²) in [7, 11) is 0. The second-order valence-electron chi connectivity index (χ2n) is 12.4. The minimum atomic E-state index is 0.563. The second kappa shape index (κ2) is 12.9. The minimum Gasteiger partial charge on any atom is -0.354 e. The first-order valence-electron chi connectivity index (χ1n) is 16.6. The highest BCUT2D eigenvalue weighted by molar-refractivity contribution is 6.09. The van der Waals surface area contributed by atoms with Gasteiger partial charge in [-0.2, -0.15) is 15.8 Å². The van der Waals surface area contributed by atoms with Gasteiger partial charge in [0, 0.05) is 39.0 Å². The third kappa shape index (κ3) is 5.44. The molecule has 7 aromatic carbocycles. The number of para-hydroxylation sites is 2. The monoisotopic (exact) mass is 651 g/mol. The van der Waals surface area contributed by atoms with Crippen molar-refractivity contribution in [3.8, 4) is 57.3 Å². The zero-order chi connectivity index (χ0) is 34.9. The van der Waals surface area contributed by atoms with Crippen LogP contribution >= 0.6 is 0 Å². The lowest BCUT2D eigenvalue weighted by atomic mass is 9.93. The number of nitrogens with one attached hydrogen (secondary N) is 1. The standard InChI is InChI=1S/C46H29N5/c1-30-35(28-48)13-8-18-38(30)39-16-2-4-19-42(39)50-43-20-9-14-36(29-49)46(43)34-12-6-10-32(25-34)33-11-7-15-37(26-33)51-44-21-5-3-17-40(44)41-24-31(27-47)22-23-45(41)51/h2-26,50H,1H3. The summed E-state index contributed by atoms with van der Waals surface area (Å²) in [4.78, 5) is 0. The van der Waals surface area contributed by atoms with Gasteiger partial charge in [0.25, 0.3) is 0 Å². The number of anilines is 2. The Morgan fingerprint density at radius 3 is 1.98 bits per heavy atom. The van der Waals surface area contributed by atoms with E-state index < -0.39 is 0 Å². The van der Waals surface area contributed by atoms with Gasteiger partial charge >= 0.3 is 0 Å². The van der Waals surface area contributed by atoms with Gasteiger partial charge in [-0.3, -0.25) is 0 Å². The molecule has 0 saturated heterocycles. The molecule has 8 rings (SSSR count). The normalized spacial score (nSPS) is 10.8. The molecule has 0 atom stereocenters. The summed E-state index contributed by atoms with van der Waals surface area (Å²) in [5.41, 5.74) is 13.3. The molecule has 0 radical (unpaired) electrons. The van der Waals surface area contributed by atoms with Crippen molar-refractivity contribution in [2.45, 2.75) is 6.92 Å². The van der Waals surface area contributed by atoms with E-state index in [1.807, 2.05) is 110 Å². The van der Waals surface area contributed by atoms with Crippen LogP contribution in [-0.4, -0.2) is 4.57 Å². The largest absolute Gasteiger partial charge is 0.354 e. The van der Waals surface area contributed by atoms with E-state index in [4.69, 9.17) is 0 Å². The van der Waals surface area contributed by atoms with Crippen molar-refractivity contribution in [1.29, 1.82) is 15.8 Å². The van der Waals surface area contributed by atoms with Crippen LogP contribution in [0.15, 0.2) is 152 Å². The third-order valence-electron chi connectivity index (χ3n) is 9.52. The van der Waals surface area contributed by atoms with Crippen LogP contribution in [0.1, 0.15) is 22.3 Å². The molecule has 0 spiro atoms. The summed E-state index contributed by atoms with van der Waals surface area (Å²) < 4.78 is 2.25. The summed E-state index contributed by atoms with van der Waals surface area (Å²) >= 11 is 0. The lowest BCUT2D eigenvalue weighted by Crippen LogP contribution is -1.99. The van der Waals surface area contributed by atoms with Gasteiger partial charge in [-0.15, -0.1) is 0 Å². The highest BCUT2D eigenvalue weighted by Crippen LogP contribution is 2.40. The van der Waals surface area contributed by atoms with E-state index >= 15 is 0 Å². The van der Waals surface area contributed by atoms with Gasteiger partial charge < -0.3 is 9.88 Å². The van der Waals surface area contributed by atoms with Crippen LogP contribution in [0.25, 0.3) is 60.9 Å². The highest BCUT2D eigenvalue weighted by atomic mass is 15.0. The number of hydrogen-bond acceptors (Lipinski definition) is 4. The highest BCUT2D eigenvalue weighted by Gasteiger charge is 2.17. The van der Waals surface area contributed by atoms with Crippen LogP contribution in [-0.2, 0) is 0 Å². The van der Waals surface area contributed by atoms with Crippen LogP contribution in [0.2, 0.25) is 0 Å². The van der Waals surface area contributed by atoms with E-state index in [0.717, 1.165) is 77.8 Å². The molecule has 0 unspecified atom stereocenters. The molecule has 1 heterocycles. The first kappa shape index (κ1) is 30.9. The number of rotatable bonds is 6. The van der Waals surface area contributed by atoms with Crippen molar-refractivity contribution in [1.82, 2.24) is 4.57 Å². The first-order valence-corrected chi connectivity index (χ1v) is 16.6. The summed E-state index contributed by atoms with van der Waals surface area (Å²) in [5, 5.41) is 35.3. The lowest BCUT2D eigenvalue weighted by molar-refractivity contribution is 1.18. The van der Waals surface area contributed by atoms with Crippen molar-refractivity contribution >= 4 is 33.2 Å². The summed E-state index contributed by atoms with van der Waals surface area (Å²) in [6.45, 7) is 1.97. The van der Waals surface area contributed by atoms with Crippen molar-refractivity contribution in [2.75, 3.05) is 5.32 Å². The first-order chi connectivity index (χ1) is 25.1. The van der Waals surface area contributed by atoms with E-state index in [9.17, 15) is 15.8 Å². The predicted molar refractivity (Wildman–Crippen MR) is 206 cm³/mol. The quantitative estimate of drug-likeness (QED) is 0.194. The SMILES string of the molecule is Cc1c(C#N)cccc1-c1ccccc1Nc1cccc(C#N)c1-c1cccc(-c2cccc(-n3c4ccccc4c4cc(C#N)ccc43)c2)c1. The van der Waals surface area contributed by atoms with Gasteiger partial charge in [0.15, 0.2) is 0 Å². The molecule has 0 aliphatic heterocycles. The molecule has 238 valence electrons. The van der Waals surface area contributed by atoms with Gasteiger partial charge in [-0.05, 0) is 101 Å². The van der Waals surface area contributed by atoms with Crippen LogP contribution < -0.4 is 5.32 Å². The van der Waals surface area contributed by atoms with E-state index in [1.54, 1.807) is 0 Å². The van der Waals surface area contributed by atoms with Crippen molar-refractivity contribution in [3.63, 3.8) is 0 Å². The Balaban J connectivity index is 1.22. The molecule has 0 amide bonds. The van der Waals surface area contributed by atoms with E-state index in [2.05, 4.69) is 76.6 Å². The lowest BCUT2D eigenvalue weighted by Gasteiger charge is -2.18. The zero-order valence-electron chi connectivity index (χ0n) is 27.7. The maximum Gasteiger partial charge on any atom is 0.0998 e. The fraction of sp³-hybridized carbons (Fsp3) is 0.0217. The van der Waals surface area contributed by atoms with E-state index in [0.29, 0.717) is 16.7 Å². The molecular weight excluding hydrogens is 623 g/mol. The van der Waals surface area contributed by atoms with Crippen LogP contribution in [0.5, 0.6) is 0 Å². The average molecular weight is 652 g/mol. The fourth-order valence-corrected chi connectivity index (χ4v) is 7.08. The topological polar surface area (TPSA) is 88.3 Å². The molecule has 51 heavy (non-hydrogen) atoms. The third-order valence-corrected chi connectivity index (χ3v) is 9.52. The molecule has 0 aliphatic rings. The number of aromatic nitrogens is 1. The Bertz CT molecular complexity index is 2780. The molecule has 1 N–H and O–H groups in total. The van der Waals surface area contributed by atoms with Gasteiger partial charge in [-0.1, -0.05) is 84.9 Å². The Morgan fingerprint density at radius 2 is 1.14 bits per heavy atom. The molecule has 0 fully saturated rings. The maximum atomic E-state index is 10.3. The minimum absolute atomic E-state index is 0.563. The zero-order valence-corrected chi connectivity index (χ0v) is 27.7. The molecule has 5 nitrogen and oxygen atoms in total. The number of nitriles is 3. The van der Waals surface area contributed by atoms with Crippen LogP contribution in [0.3, 0.4) is 0 Å². The fourth-order valence-electron chi connectivity index (χ4n) is 7.08. The Labute approximate surface area is 296 Å². The molecule has 5 heteroatoms. The van der Waals surface area contributed by atoms with Crippen molar-refractivity contribution in [3.05, 3.63) is 174 Å². The number of fused-ring (bicyclic) bond motifs is 3. The second-order valence-corrected chi connectivity index (χ2v) is 12.4. The van der Waals surface area contributed by atoms with E-state index in [1.165, 1.54) is 0 Å². The van der Waals surface area contributed by atoms with Crippen molar-refractivity contribution < 1.29 is 0 Å². The molecule has 0 bridgehead atoms. The van der Waals surface area contributed by atoms with Crippen LogP contribution in [0.4, 0.5) is 11.4 Å². The van der Waals surface area contributed by atoms with Gasteiger partial charge in [-0.25, -0.2) is 0 Å².